The molecule has 0 radical (unpaired) electrons. The number of ether oxygens (including phenoxy) is 1. The Morgan fingerprint density at radius 2 is 1.87 bits per heavy atom. The van der Waals surface area contributed by atoms with Crippen molar-refractivity contribution >= 4 is 34.0 Å². The Kier molecular flexibility index (Phi) is 4.39. The molecule has 118 valence electrons. The quantitative estimate of drug-likeness (QED) is 0.845. The number of carbonyl (C=O) groups excluding carboxylic acids is 1. The average Bonchev–Trinajstić information content (AvgIpc) is 2.84. The highest BCUT2D eigenvalue weighted by Gasteiger charge is 2.28. The molecular formula is C18H18N2O2S. The van der Waals surface area contributed by atoms with Crippen molar-refractivity contribution < 1.29 is 9.53 Å². The van der Waals surface area contributed by atoms with Gasteiger partial charge in [-0.1, -0.05) is 11.8 Å². The van der Waals surface area contributed by atoms with Gasteiger partial charge in [-0.15, -0.1) is 0 Å². The van der Waals surface area contributed by atoms with Crippen molar-refractivity contribution in [3.63, 3.8) is 0 Å². The lowest BCUT2D eigenvalue weighted by atomic mass is 10.1. The number of hydrogen-bond donors (Lipinski definition) is 0. The van der Waals surface area contributed by atoms with Crippen LogP contribution in [0.25, 0.3) is 0 Å². The first-order valence-corrected chi connectivity index (χ1v) is 8.25. The standard InChI is InChI=1S/C18H18N2O2S/c1-4-22-14-9-10-16-15(11-14)17(21)18(23-16)19-12-5-7-13(8-6-12)20(2)3/h5-11H,4H2,1-3H3. The monoisotopic (exact) mass is 326 g/mol. The van der Waals surface area contributed by atoms with Crippen LogP contribution in [0.1, 0.15) is 17.3 Å². The molecule has 0 N–H and O–H groups in total. The van der Waals surface area contributed by atoms with Gasteiger partial charge in [-0.2, -0.15) is 0 Å². The van der Waals surface area contributed by atoms with Crippen molar-refractivity contribution in [2.75, 3.05) is 25.6 Å². The summed E-state index contributed by atoms with van der Waals surface area (Å²) in [5.74, 6) is 0.681. The molecule has 0 spiro atoms. The molecule has 2 aromatic rings. The number of ketones is 1. The molecule has 2 aromatic carbocycles. The van der Waals surface area contributed by atoms with Gasteiger partial charge in [0.2, 0.25) is 5.78 Å². The molecule has 0 unspecified atom stereocenters. The Balaban J connectivity index is 1.86. The van der Waals surface area contributed by atoms with E-state index >= 15 is 0 Å². The molecule has 0 fully saturated rings. The van der Waals surface area contributed by atoms with Gasteiger partial charge in [-0.05, 0) is 49.4 Å². The van der Waals surface area contributed by atoms with E-state index in [0.717, 1.165) is 22.0 Å². The van der Waals surface area contributed by atoms with Crippen molar-refractivity contribution in [3.8, 4) is 5.75 Å². The topological polar surface area (TPSA) is 41.9 Å². The van der Waals surface area contributed by atoms with Crippen LogP contribution in [-0.2, 0) is 0 Å². The number of rotatable bonds is 4. The number of aliphatic imine (C=N–C) groups is 1. The smallest absolute Gasteiger partial charge is 0.219 e. The van der Waals surface area contributed by atoms with Gasteiger partial charge >= 0.3 is 0 Å². The Hall–Kier alpha value is -2.27. The molecular weight excluding hydrogens is 308 g/mol. The Morgan fingerprint density at radius 1 is 1.13 bits per heavy atom. The second kappa shape index (κ2) is 6.46. The van der Waals surface area contributed by atoms with Crippen molar-refractivity contribution in [3.05, 3.63) is 48.0 Å². The molecule has 1 heterocycles. The Morgan fingerprint density at radius 3 is 2.52 bits per heavy atom. The summed E-state index contributed by atoms with van der Waals surface area (Å²) in [7, 11) is 3.98. The van der Waals surface area contributed by atoms with E-state index in [9.17, 15) is 4.79 Å². The molecule has 0 amide bonds. The largest absolute Gasteiger partial charge is 0.494 e. The summed E-state index contributed by atoms with van der Waals surface area (Å²) in [5.41, 5.74) is 2.55. The second-order valence-corrected chi connectivity index (χ2v) is 6.38. The van der Waals surface area contributed by atoms with Gasteiger partial charge in [-0.25, -0.2) is 4.99 Å². The fourth-order valence-corrected chi connectivity index (χ4v) is 3.27. The van der Waals surface area contributed by atoms with Crippen molar-refractivity contribution in [2.24, 2.45) is 4.99 Å². The number of Topliss-reactive ketones (excluding diaryl/α,β-unsaturated/α-hetero) is 1. The minimum atomic E-state index is -0.0387. The fraction of sp³-hybridized carbons (Fsp3) is 0.222. The summed E-state index contributed by atoms with van der Waals surface area (Å²) in [6, 6.07) is 13.4. The van der Waals surface area contributed by atoms with Crippen LogP contribution in [0, 0.1) is 0 Å². The van der Waals surface area contributed by atoms with Crippen LogP contribution in [0.4, 0.5) is 11.4 Å². The van der Waals surface area contributed by atoms with Gasteiger partial charge < -0.3 is 9.64 Å². The maximum atomic E-state index is 12.5. The van der Waals surface area contributed by atoms with Gasteiger partial charge in [0.25, 0.3) is 0 Å². The van der Waals surface area contributed by atoms with Crippen LogP contribution < -0.4 is 9.64 Å². The second-order valence-electron chi connectivity index (χ2n) is 5.35. The molecule has 0 bridgehead atoms. The molecule has 0 atom stereocenters. The average molecular weight is 326 g/mol. The van der Waals surface area contributed by atoms with Crippen LogP contribution in [-0.4, -0.2) is 31.5 Å². The van der Waals surface area contributed by atoms with Crippen LogP contribution in [0.5, 0.6) is 5.75 Å². The third kappa shape index (κ3) is 3.24. The number of benzene rings is 2. The van der Waals surface area contributed by atoms with Crippen molar-refractivity contribution in [1.82, 2.24) is 0 Å². The first-order chi connectivity index (χ1) is 11.1. The molecule has 3 rings (SSSR count). The minimum absolute atomic E-state index is 0.0387. The van der Waals surface area contributed by atoms with Gasteiger partial charge in [0, 0.05) is 30.2 Å². The zero-order chi connectivity index (χ0) is 16.4. The first-order valence-electron chi connectivity index (χ1n) is 7.44. The highest BCUT2D eigenvalue weighted by Crippen LogP contribution is 2.37. The lowest BCUT2D eigenvalue weighted by Gasteiger charge is -2.11. The molecule has 1 aliphatic rings. The van der Waals surface area contributed by atoms with Gasteiger partial charge in [0.15, 0.2) is 0 Å². The van der Waals surface area contributed by atoms with E-state index < -0.39 is 0 Å². The van der Waals surface area contributed by atoms with E-state index in [1.54, 1.807) is 6.07 Å². The lowest BCUT2D eigenvalue weighted by molar-refractivity contribution is 0.106. The van der Waals surface area contributed by atoms with Gasteiger partial charge in [0.05, 0.1) is 12.3 Å². The summed E-state index contributed by atoms with van der Waals surface area (Å²) in [6.45, 7) is 2.51. The van der Waals surface area contributed by atoms with Crippen molar-refractivity contribution in [1.29, 1.82) is 0 Å². The summed E-state index contributed by atoms with van der Waals surface area (Å²) in [6.07, 6.45) is 0. The SMILES string of the molecule is CCOc1ccc2c(c1)C(=O)C(=Nc1ccc(N(C)C)cc1)S2. The van der Waals surface area contributed by atoms with Gasteiger partial charge in [0.1, 0.15) is 10.8 Å². The summed E-state index contributed by atoms with van der Waals surface area (Å²) in [5, 5.41) is 0.506. The summed E-state index contributed by atoms with van der Waals surface area (Å²) < 4.78 is 5.46. The molecule has 0 aromatic heterocycles. The van der Waals surface area contributed by atoms with E-state index in [0.29, 0.717) is 17.2 Å². The Bertz CT molecular complexity index is 767. The zero-order valence-electron chi connectivity index (χ0n) is 13.4. The normalized spacial score (nSPS) is 14.9. The predicted octanol–water partition coefficient (Wildman–Crippen LogP) is 4.17. The minimum Gasteiger partial charge on any atom is -0.494 e. The van der Waals surface area contributed by atoms with Crippen LogP contribution >= 0.6 is 11.8 Å². The number of thioether (sulfide) groups is 1. The molecule has 23 heavy (non-hydrogen) atoms. The maximum absolute atomic E-state index is 12.5. The van der Waals surface area contributed by atoms with E-state index in [1.807, 2.05) is 62.3 Å². The third-order valence-corrected chi connectivity index (χ3v) is 4.55. The highest BCUT2D eigenvalue weighted by molar-refractivity contribution is 8.16. The van der Waals surface area contributed by atoms with E-state index in [4.69, 9.17) is 4.74 Å². The van der Waals surface area contributed by atoms with E-state index in [1.165, 1.54) is 11.8 Å². The summed E-state index contributed by atoms with van der Waals surface area (Å²) in [4.78, 5) is 20.0. The number of fused-ring (bicyclic) bond motifs is 1. The first kappa shape index (κ1) is 15.6. The Labute approximate surface area is 140 Å². The molecule has 4 nitrogen and oxygen atoms in total. The number of nitrogens with zero attached hydrogens (tertiary/aromatic N) is 2. The maximum Gasteiger partial charge on any atom is 0.219 e. The number of anilines is 1. The van der Waals surface area contributed by atoms with Crippen LogP contribution in [0.2, 0.25) is 0 Å². The number of hydrogen-bond acceptors (Lipinski definition) is 5. The molecule has 0 saturated carbocycles. The highest BCUT2D eigenvalue weighted by atomic mass is 32.2. The zero-order valence-corrected chi connectivity index (χ0v) is 14.2. The molecule has 1 aliphatic heterocycles. The van der Waals surface area contributed by atoms with E-state index in [2.05, 4.69) is 4.99 Å². The fourth-order valence-electron chi connectivity index (χ4n) is 2.31. The van der Waals surface area contributed by atoms with Crippen molar-refractivity contribution in [2.45, 2.75) is 11.8 Å². The number of carbonyl (C=O) groups is 1. The predicted molar refractivity (Wildman–Crippen MR) is 95.7 cm³/mol. The molecule has 0 aliphatic carbocycles. The molecule has 5 heteroatoms. The van der Waals surface area contributed by atoms with E-state index in [-0.39, 0.29) is 5.78 Å². The van der Waals surface area contributed by atoms with Crippen LogP contribution in [0.15, 0.2) is 52.4 Å². The molecule has 0 saturated heterocycles. The summed E-state index contributed by atoms with van der Waals surface area (Å²) >= 11 is 1.41. The van der Waals surface area contributed by atoms with Gasteiger partial charge in [-0.3, -0.25) is 4.79 Å². The third-order valence-electron chi connectivity index (χ3n) is 3.50. The lowest BCUT2D eigenvalue weighted by Crippen LogP contribution is -2.07. The van der Waals surface area contributed by atoms with Crippen LogP contribution in [0.3, 0.4) is 0 Å².